The molecular formula is C23H29N3O3. The number of nitrogens with one attached hydrogen (secondary N) is 1. The van der Waals surface area contributed by atoms with Gasteiger partial charge in [0, 0.05) is 32.3 Å². The molecule has 154 valence electrons. The summed E-state index contributed by atoms with van der Waals surface area (Å²) in [5.74, 6) is 0.828. The number of benzene rings is 1. The minimum atomic E-state index is -0.120. The Labute approximate surface area is 172 Å². The van der Waals surface area contributed by atoms with E-state index in [1.807, 2.05) is 54.3 Å². The second-order valence-electron chi connectivity index (χ2n) is 7.40. The molecule has 1 fully saturated rings. The van der Waals surface area contributed by atoms with Crippen LogP contribution in [0.1, 0.15) is 43.9 Å². The van der Waals surface area contributed by atoms with Crippen LogP contribution in [0.2, 0.25) is 0 Å². The molecule has 1 aliphatic rings. The molecular weight excluding hydrogens is 366 g/mol. The lowest BCUT2D eigenvalue weighted by Crippen LogP contribution is -2.45. The summed E-state index contributed by atoms with van der Waals surface area (Å²) in [5.41, 5.74) is 1.89. The van der Waals surface area contributed by atoms with Crippen molar-refractivity contribution < 1.29 is 14.3 Å². The van der Waals surface area contributed by atoms with Gasteiger partial charge in [-0.2, -0.15) is 0 Å². The smallest absolute Gasteiger partial charge is 0.225 e. The largest absolute Gasteiger partial charge is 0.487 e. The van der Waals surface area contributed by atoms with E-state index in [0.717, 1.165) is 42.8 Å². The van der Waals surface area contributed by atoms with Crippen molar-refractivity contribution in [3.05, 3.63) is 59.9 Å². The third-order valence-electron chi connectivity index (χ3n) is 5.11. The lowest BCUT2D eigenvalue weighted by molar-refractivity contribution is -0.135. The van der Waals surface area contributed by atoms with Crippen molar-refractivity contribution in [2.45, 2.75) is 45.8 Å². The number of carbonyl (C=O) groups is 2. The molecule has 1 aromatic carbocycles. The van der Waals surface area contributed by atoms with Gasteiger partial charge in [-0.3, -0.25) is 14.6 Å². The van der Waals surface area contributed by atoms with Gasteiger partial charge in [-0.25, -0.2) is 0 Å². The Morgan fingerprint density at radius 3 is 2.76 bits per heavy atom. The van der Waals surface area contributed by atoms with Gasteiger partial charge in [-0.15, -0.1) is 0 Å². The molecule has 0 spiro atoms. The Bertz CT molecular complexity index is 793. The Kier molecular flexibility index (Phi) is 7.61. The van der Waals surface area contributed by atoms with Gasteiger partial charge >= 0.3 is 0 Å². The van der Waals surface area contributed by atoms with Crippen LogP contribution in [-0.2, 0) is 22.7 Å². The van der Waals surface area contributed by atoms with E-state index in [9.17, 15) is 9.59 Å². The fourth-order valence-corrected chi connectivity index (χ4v) is 3.47. The minimum Gasteiger partial charge on any atom is -0.487 e. The number of aromatic nitrogens is 1. The van der Waals surface area contributed by atoms with Gasteiger partial charge in [0.15, 0.2) is 0 Å². The molecule has 3 rings (SSSR count). The highest BCUT2D eigenvalue weighted by Gasteiger charge is 2.27. The molecule has 0 saturated carbocycles. The van der Waals surface area contributed by atoms with Crippen molar-refractivity contribution in [2.24, 2.45) is 5.92 Å². The molecule has 1 atom stereocenters. The van der Waals surface area contributed by atoms with E-state index in [2.05, 4.69) is 10.3 Å². The highest BCUT2D eigenvalue weighted by Crippen LogP contribution is 2.18. The average Bonchev–Trinajstić information content (AvgIpc) is 2.77. The first-order chi connectivity index (χ1) is 14.2. The van der Waals surface area contributed by atoms with Crippen LogP contribution in [-0.4, -0.2) is 34.8 Å². The molecule has 1 aliphatic heterocycles. The first-order valence-corrected chi connectivity index (χ1v) is 10.3. The van der Waals surface area contributed by atoms with Crippen molar-refractivity contribution in [2.75, 3.05) is 13.1 Å². The number of piperidine rings is 1. The SMILES string of the molecule is CCCC(=O)N1CCCC(C(=O)NCc2ccc(OCc3ccccn3)cc2)C1. The summed E-state index contributed by atoms with van der Waals surface area (Å²) < 4.78 is 5.73. The van der Waals surface area contributed by atoms with Gasteiger partial charge in [0.05, 0.1) is 11.6 Å². The van der Waals surface area contributed by atoms with Gasteiger partial charge in [-0.1, -0.05) is 25.1 Å². The van der Waals surface area contributed by atoms with Gasteiger partial charge in [0.1, 0.15) is 12.4 Å². The van der Waals surface area contributed by atoms with Crippen molar-refractivity contribution in [3.63, 3.8) is 0 Å². The lowest BCUT2D eigenvalue weighted by Gasteiger charge is -2.32. The molecule has 1 saturated heterocycles. The van der Waals surface area contributed by atoms with E-state index in [1.54, 1.807) is 6.20 Å². The lowest BCUT2D eigenvalue weighted by atomic mass is 9.96. The molecule has 2 aromatic rings. The number of hydrogen-bond donors (Lipinski definition) is 1. The van der Waals surface area contributed by atoms with Crippen LogP contribution in [0.25, 0.3) is 0 Å². The number of likely N-dealkylation sites (tertiary alicyclic amines) is 1. The number of rotatable bonds is 8. The van der Waals surface area contributed by atoms with E-state index in [1.165, 1.54) is 0 Å². The minimum absolute atomic E-state index is 0.0227. The van der Waals surface area contributed by atoms with Crippen LogP contribution in [0.5, 0.6) is 5.75 Å². The first-order valence-electron chi connectivity index (χ1n) is 10.3. The van der Waals surface area contributed by atoms with Crippen molar-refractivity contribution >= 4 is 11.8 Å². The van der Waals surface area contributed by atoms with Crippen LogP contribution in [0.3, 0.4) is 0 Å². The molecule has 0 aliphatic carbocycles. The van der Waals surface area contributed by atoms with Crippen LogP contribution in [0, 0.1) is 5.92 Å². The summed E-state index contributed by atoms with van der Waals surface area (Å²) in [4.78, 5) is 30.7. The maximum absolute atomic E-state index is 12.5. The molecule has 6 nitrogen and oxygen atoms in total. The van der Waals surface area contributed by atoms with Crippen molar-refractivity contribution in [1.82, 2.24) is 15.2 Å². The third-order valence-corrected chi connectivity index (χ3v) is 5.11. The Hall–Kier alpha value is -2.89. The van der Waals surface area contributed by atoms with Crippen molar-refractivity contribution in [1.29, 1.82) is 0 Å². The van der Waals surface area contributed by atoms with E-state index in [0.29, 0.717) is 26.1 Å². The molecule has 2 amide bonds. The summed E-state index contributed by atoms with van der Waals surface area (Å²) in [5, 5.41) is 3.01. The summed E-state index contributed by atoms with van der Waals surface area (Å²) in [6.07, 6.45) is 4.87. The maximum Gasteiger partial charge on any atom is 0.225 e. The highest BCUT2D eigenvalue weighted by molar-refractivity contribution is 5.81. The number of carbonyl (C=O) groups excluding carboxylic acids is 2. The molecule has 0 bridgehead atoms. The van der Waals surface area contributed by atoms with Gasteiger partial charge in [0.2, 0.25) is 11.8 Å². The third kappa shape index (κ3) is 6.31. The molecule has 29 heavy (non-hydrogen) atoms. The number of nitrogens with zero attached hydrogens (tertiary/aromatic N) is 2. The second-order valence-corrected chi connectivity index (χ2v) is 7.40. The Balaban J connectivity index is 1.44. The van der Waals surface area contributed by atoms with E-state index in [-0.39, 0.29) is 17.7 Å². The quantitative estimate of drug-likeness (QED) is 0.744. The molecule has 6 heteroatoms. The Morgan fingerprint density at radius 2 is 2.03 bits per heavy atom. The predicted molar refractivity (Wildman–Crippen MR) is 111 cm³/mol. The van der Waals surface area contributed by atoms with Crippen LogP contribution >= 0.6 is 0 Å². The summed E-state index contributed by atoms with van der Waals surface area (Å²) in [6.45, 7) is 4.19. The molecule has 1 aromatic heterocycles. The number of amides is 2. The normalized spacial score (nSPS) is 16.3. The molecule has 1 N–H and O–H groups in total. The first kappa shape index (κ1) is 20.8. The zero-order chi connectivity index (χ0) is 20.5. The molecule has 1 unspecified atom stereocenters. The van der Waals surface area contributed by atoms with E-state index in [4.69, 9.17) is 4.74 Å². The van der Waals surface area contributed by atoms with Crippen LogP contribution < -0.4 is 10.1 Å². The summed E-state index contributed by atoms with van der Waals surface area (Å²) >= 11 is 0. The molecule has 0 radical (unpaired) electrons. The number of pyridine rings is 1. The summed E-state index contributed by atoms with van der Waals surface area (Å²) in [6, 6.07) is 13.4. The van der Waals surface area contributed by atoms with Gasteiger partial charge in [0.25, 0.3) is 0 Å². The average molecular weight is 396 g/mol. The standard InChI is InChI=1S/C23H29N3O3/c1-2-6-22(27)26-14-5-7-19(16-26)23(28)25-15-18-9-11-21(12-10-18)29-17-20-8-3-4-13-24-20/h3-4,8-13,19H,2,5-7,14-17H2,1H3,(H,25,28). The van der Waals surface area contributed by atoms with Gasteiger partial charge < -0.3 is 15.0 Å². The fraction of sp³-hybridized carbons (Fsp3) is 0.435. The highest BCUT2D eigenvalue weighted by atomic mass is 16.5. The van der Waals surface area contributed by atoms with Crippen LogP contribution in [0.4, 0.5) is 0 Å². The van der Waals surface area contributed by atoms with E-state index >= 15 is 0 Å². The number of hydrogen-bond acceptors (Lipinski definition) is 4. The topological polar surface area (TPSA) is 71.5 Å². The maximum atomic E-state index is 12.5. The van der Waals surface area contributed by atoms with Crippen LogP contribution in [0.15, 0.2) is 48.7 Å². The van der Waals surface area contributed by atoms with Gasteiger partial charge in [-0.05, 0) is 49.1 Å². The number of ether oxygens (including phenoxy) is 1. The zero-order valence-electron chi connectivity index (χ0n) is 17.0. The summed E-state index contributed by atoms with van der Waals surface area (Å²) in [7, 11) is 0. The second kappa shape index (κ2) is 10.6. The van der Waals surface area contributed by atoms with E-state index < -0.39 is 0 Å². The fourth-order valence-electron chi connectivity index (χ4n) is 3.47. The monoisotopic (exact) mass is 395 g/mol. The van der Waals surface area contributed by atoms with Crippen molar-refractivity contribution in [3.8, 4) is 5.75 Å². The molecule has 2 heterocycles. The predicted octanol–water partition coefficient (Wildman–Crippen LogP) is 3.32. The zero-order valence-corrected chi connectivity index (χ0v) is 17.0. The Morgan fingerprint density at radius 1 is 1.21 bits per heavy atom.